The largest absolute Gasteiger partial charge is 0.396 e. The van der Waals surface area contributed by atoms with Gasteiger partial charge in [0.05, 0.1) is 0 Å². The SMILES string of the molecule is CCCCCC(C)(CO)[C@@H]1CC=C(C)C(CCO)C1. The van der Waals surface area contributed by atoms with Crippen molar-refractivity contribution in [1.29, 1.82) is 0 Å². The van der Waals surface area contributed by atoms with Crippen LogP contribution in [0.3, 0.4) is 0 Å². The zero-order valence-corrected chi connectivity index (χ0v) is 13.0. The molecule has 19 heavy (non-hydrogen) atoms. The van der Waals surface area contributed by atoms with Gasteiger partial charge in [-0.1, -0.05) is 44.8 Å². The predicted molar refractivity (Wildman–Crippen MR) is 81.0 cm³/mol. The van der Waals surface area contributed by atoms with Crippen LogP contribution >= 0.6 is 0 Å². The van der Waals surface area contributed by atoms with Crippen LogP contribution in [-0.4, -0.2) is 23.4 Å². The highest BCUT2D eigenvalue weighted by Crippen LogP contribution is 2.43. The van der Waals surface area contributed by atoms with Crippen LogP contribution in [0.2, 0.25) is 0 Å². The Hall–Kier alpha value is -0.340. The molecule has 0 aliphatic heterocycles. The Bertz CT molecular complexity index is 285. The summed E-state index contributed by atoms with van der Waals surface area (Å²) in [4.78, 5) is 0. The first-order chi connectivity index (χ1) is 9.07. The van der Waals surface area contributed by atoms with E-state index in [0.29, 0.717) is 18.4 Å². The van der Waals surface area contributed by atoms with Gasteiger partial charge in [0.15, 0.2) is 0 Å². The molecule has 0 amide bonds. The molecule has 2 heteroatoms. The van der Waals surface area contributed by atoms with Gasteiger partial charge < -0.3 is 10.2 Å². The monoisotopic (exact) mass is 268 g/mol. The molecular formula is C17H32O2. The van der Waals surface area contributed by atoms with Gasteiger partial charge in [-0.3, -0.25) is 0 Å². The van der Waals surface area contributed by atoms with E-state index in [4.69, 9.17) is 0 Å². The number of rotatable bonds is 8. The third-order valence-corrected chi connectivity index (χ3v) is 5.11. The van der Waals surface area contributed by atoms with Crippen molar-refractivity contribution in [2.45, 2.75) is 65.7 Å². The second-order valence-corrected chi connectivity index (χ2v) is 6.59. The van der Waals surface area contributed by atoms with Gasteiger partial charge in [0.2, 0.25) is 0 Å². The summed E-state index contributed by atoms with van der Waals surface area (Å²) >= 11 is 0. The topological polar surface area (TPSA) is 40.5 Å². The first-order valence-corrected chi connectivity index (χ1v) is 7.95. The maximum atomic E-state index is 9.85. The average molecular weight is 268 g/mol. The van der Waals surface area contributed by atoms with E-state index in [2.05, 4.69) is 26.8 Å². The molecule has 3 atom stereocenters. The molecule has 2 N–H and O–H groups in total. The third-order valence-electron chi connectivity index (χ3n) is 5.11. The van der Waals surface area contributed by atoms with Crippen LogP contribution in [0.5, 0.6) is 0 Å². The minimum Gasteiger partial charge on any atom is -0.396 e. The Labute approximate surface area is 118 Å². The normalized spacial score (nSPS) is 26.9. The first kappa shape index (κ1) is 16.7. The van der Waals surface area contributed by atoms with Crippen molar-refractivity contribution in [3.05, 3.63) is 11.6 Å². The summed E-state index contributed by atoms with van der Waals surface area (Å²) in [6.45, 7) is 7.22. The maximum absolute atomic E-state index is 9.85. The number of hydrogen-bond acceptors (Lipinski definition) is 2. The van der Waals surface area contributed by atoms with E-state index in [9.17, 15) is 10.2 Å². The van der Waals surface area contributed by atoms with E-state index in [1.54, 1.807) is 0 Å². The molecule has 0 saturated heterocycles. The Morgan fingerprint density at radius 2 is 2.05 bits per heavy atom. The molecule has 1 aliphatic carbocycles. The molecule has 0 fully saturated rings. The molecule has 112 valence electrons. The first-order valence-electron chi connectivity index (χ1n) is 7.95. The zero-order chi connectivity index (χ0) is 14.3. The van der Waals surface area contributed by atoms with Gasteiger partial charge in [-0.15, -0.1) is 0 Å². The van der Waals surface area contributed by atoms with Crippen molar-refractivity contribution in [2.75, 3.05) is 13.2 Å². The fraction of sp³-hybridized carbons (Fsp3) is 0.882. The van der Waals surface area contributed by atoms with E-state index in [0.717, 1.165) is 25.7 Å². The summed E-state index contributed by atoms with van der Waals surface area (Å²) < 4.78 is 0. The zero-order valence-electron chi connectivity index (χ0n) is 13.0. The minimum absolute atomic E-state index is 0.0556. The molecule has 0 spiro atoms. The molecule has 0 saturated carbocycles. The van der Waals surface area contributed by atoms with Crippen molar-refractivity contribution in [3.8, 4) is 0 Å². The third kappa shape index (κ3) is 4.61. The highest BCUT2D eigenvalue weighted by molar-refractivity contribution is 5.10. The maximum Gasteiger partial charge on any atom is 0.0487 e. The van der Waals surface area contributed by atoms with Gasteiger partial charge in [-0.25, -0.2) is 0 Å². The lowest BCUT2D eigenvalue weighted by Gasteiger charge is -2.41. The highest BCUT2D eigenvalue weighted by Gasteiger charge is 2.36. The second-order valence-electron chi connectivity index (χ2n) is 6.59. The van der Waals surface area contributed by atoms with E-state index < -0.39 is 0 Å². The summed E-state index contributed by atoms with van der Waals surface area (Å²) in [5.74, 6) is 1.08. The molecule has 0 aromatic carbocycles. The molecule has 2 unspecified atom stereocenters. The van der Waals surface area contributed by atoms with Crippen LogP contribution in [0.15, 0.2) is 11.6 Å². The molecule has 0 aromatic rings. The number of hydrogen-bond donors (Lipinski definition) is 2. The summed E-state index contributed by atoms with van der Waals surface area (Å²) in [5, 5.41) is 19.0. The van der Waals surface area contributed by atoms with Crippen molar-refractivity contribution in [2.24, 2.45) is 17.3 Å². The van der Waals surface area contributed by atoms with E-state index in [1.807, 2.05) is 0 Å². The summed E-state index contributed by atoms with van der Waals surface area (Å²) in [6, 6.07) is 0. The Morgan fingerprint density at radius 3 is 2.63 bits per heavy atom. The van der Waals surface area contributed by atoms with Gasteiger partial charge >= 0.3 is 0 Å². The Morgan fingerprint density at radius 1 is 1.32 bits per heavy atom. The molecule has 0 aromatic heterocycles. The van der Waals surface area contributed by atoms with Crippen molar-refractivity contribution in [1.82, 2.24) is 0 Å². The van der Waals surface area contributed by atoms with Crippen molar-refractivity contribution < 1.29 is 10.2 Å². The van der Waals surface area contributed by atoms with Gasteiger partial charge in [0.25, 0.3) is 0 Å². The number of aliphatic hydroxyl groups is 2. The van der Waals surface area contributed by atoms with Crippen LogP contribution in [0.4, 0.5) is 0 Å². The minimum atomic E-state index is 0.0556. The fourth-order valence-electron chi connectivity index (χ4n) is 3.38. The quantitative estimate of drug-likeness (QED) is 0.517. The molecule has 1 aliphatic rings. The molecule has 1 rings (SSSR count). The Kier molecular flexibility index (Phi) is 7.09. The lowest BCUT2D eigenvalue weighted by molar-refractivity contribution is 0.0503. The standard InChI is InChI=1S/C17H32O2/c1-4-5-6-10-17(3,13-19)16-8-7-14(2)15(12-16)9-11-18/h7,15-16,18-19H,4-6,8-13H2,1-3H3/t15?,16-,17?/m1/s1. The van der Waals surface area contributed by atoms with Crippen molar-refractivity contribution >= 4 is 0 Å². The van der Waals surface area contributed by atoms with Crippen LogP contribution in [0, 0.1) is 17.3 Å². The lowest BCUT2D eigenvalue weighted by atomic mass is 9.65. The van der Waals surface area contributed by atoms with Crippen LogP contribution in [0.25, 0.3) is 0 Å². The fourth-order valence-corrected chi connectivity index (χ4v) is 3.38. The molecular weight excluding hydrogens is 236 g/mol. The van der Waals surface area contributed by atoms with Gasteiger partial charge in [-0.05, 0) is 49.9 Å². The average Bonchev–Trinajstić information content (AvgIpc) is 2.41. The molecule has 0 bridgehead atoms. The smallest absolute Gasteiger partial charge is 0.0487 e. The summed E-state index contributed by atoms with van der Waals surface area (Å²) in [7, 11) is 0. The van der Waals surface area contributed by atoms with E-state index >= 15 is 0 Å². The predicted octanol–water partition coefficient (Wildman–Crippen LogP) is 3.92. The van der Waals surface area contributed by atoms with Crippen molar-refractivity contribution in [3.63, 3.8) is 0 Å². The second kappa shape index (κ2) is 8.06. The molecule has 2 nitrogen and oxygen atoms in total. The van der Waals surface area contributed by atoms with Gasteiger partial charge in [0, 0.05) is 13.2 Å². The molecule has 0 radical (unpaired) electrons. The number of aliphatic hydroxyl groups excluding tert-OH is 2. The highest BCUT2D eigenvalue weighted by atomic mass is 16.3. The van der Waals surface area contributed by atoms with Crippen LogP contribution in [-0.2, 0) is 0 Å². The van der Waals surface area contributed by atoms with Gasteiger partial charge in [0.1, 0.15) is 0 Å². The van der Waals surface area contributed by atoms with Crippen LogP contribution in [0.1, 0.15) is 65.7 Å². The van der Waals surface area contributed by atoms with E-state index in [1.165, 1.54) is 24.8 Å². The lowest BCUT2D eigenvalue weighted by Crippen LogP contribution is -2.34. The van der Waals surface area contributed by atoms with E-state index in [-0.39, 0.29) is 12.0 Å². The summed E-state index contributed by atoms with van der Waals surface area (Å²) in [6.07, 6.45) is 10.3. The summed E-state index contributed by atoms with van der Waals surface area (Å²) in [5.41, 5.74) is 1.49. The number of allylic oxidation sites excluding steroid dienone is 2. The Balaban J connectivity index is 2.65. The van der Waals surface area contributed by atoms with Gasteiger partial charge in [-0.2, -0.15) is 0 Å². The van der Waals surface area contributed by atoms with Crippen LogP contribution < -0.4 is 0 Å². The molecule has 0 heterocycles. The number of unbranched alkanes of at least 4 members (excludes halogenated alkanes) is 2.